The first-order valence-corrected chi connectivity index (χ1v) is 4.71. The van der Waals surface area contributed by atoms with E-state index < -0.39 is 0 Å². The Kier molecular flexibility index (Phi) is 2.63. The lowest BCUT2D eigenvalue weighted by Gasteiger charge is -2.06. The molecule has 1 aromatic rings. The third-order valence-corrected chi connectivity index (χ3v) is 2.54. The van der Waals surface area contributed by atoms with E-state index in [0.717, 1.165) is 6.61 Å². The fourth-order valence-corrected chi connectivity index (χ4v) is 1.29. The standard InChI is InChI=1S/C9H8Cl2O2/c10-7-2-1-3-8(9(7)11)13-5-6-4-12-6/h1-3,6H,4-5H2. The second-order valence-corrected chi connectivity index (χ2v) is 3.60. The van der Waals surface area contributed by atoms with Gasteiger partial charge in [0.05, 0.1) is 11.6 Å². The van der Waals surface area contributed by atoms with Gasteiger partial charge in [0.25, 0.3) is 0 Å². The number of hydrogen-bond donors (Lipinski definition) is 0. The van der Waals surface area contributed by atoms with Crippen LogP contribution in [0.3, 0.4) is 0 Å². The average Bonchev–Trinajstić information content (AvgIpc) is 2.91. The zero-order valence-electron chi connectivity index (χ0n) is 6.80. The van der Waals surface area contributed by atoms with Crippen molar-refractivity contribution in [3.05, 3.63) is 28.2 Å². The Bertz CT molecular complexity index is 310. The van der Waals surface area contributed by atoms with Crippen LogP contribution in [-0.4, -0.2) is 19.3 Å². The summed E-state index contributed by atoms with van der Waals surface area (Å²) in [6, 6.07) is 5.32. The highest BCUT2D eigenvalue weighted by molar-refractivity contribution is 6.42. The lowest BCUT2D eigenvalue weighted by atomic mass is 10.3. The largest absolute Gasteiger partial charge is 0.489 e. The smallest absolute Gasteiger partial charge is 0.139 e. The molecule has 0 N–H and O–H groups in total. The minimum Gasteiger partial charge on any atom is -0.489 e. The van der Waals surface area contributed by atoms with Gasteiger partial charge in [-0.15, -0.1) is 0 Å². The quantitative estimate of drug-likeness (QED) is 0.729. The van der Waals surface area contributed by atoms with Crippen molar-refractivity contribution in [2.45, 2.75) is 6.10 Å². The van der Waals surface area contributed by atoms with E-state index in [9.17, 15) is 0 Å². The van der Waals surface area contributed by atoms with Gasteiger partial charge in [-0.3, -0.25) is 0 Å². The molecule has 1 heterocycles. The van der Waals surface area contributed by atoms with Crippen LogP contribution in [0, 0.1) is 0 Å². The second kappa shape index (κ2) is 3.74. The van der Waals surface area contributed by atoms with Gasteiger partial charge in [-0.05, 0) is 12.1 Å². The second-order valence-electron chi connectivity index (χ2n) is 2.82. The van der Waals surface area contributed by atoms with Crippen molar-refractivity contribution < 1.29 is 9.47 Å². The molecule has 0 bridgehead atoms. The highest BCUT2D eigenvalue weighted by Crippen LogP contribution is 2.31. The zero-order valence-corrected chi connectivity index (χ0v) is 8.31. The molecule has 1 atom stereocenters. The van der Waals surface area contributed by atoms with Gasteiger partial charge in [-0.25, -0.2) is 0 Å². The van der Waals surface area contributed by atoms with Crippen molar-refractivity contribution in [1.82, 2.24) is 0 Å². The Morgan fingerprint density at radius 3 is 2.92 bits per heavy atom. The fourth-order valence-electron chi connectivity index (χ4n) is 0.942. The first-order valence-electron chi connectivity index (χ1n) is 3.96. The minimum atomic E-state index is 0.232. The molecule has 1 unspecified atom stereocenters. The fraction of sp³-hybridized carbons (Fsp3) is 0.333. The number of rotatable bonds is 3. The molecule has 1 aromatic carbocycles. The summed E-state index contributed by atoms with van der Waals surface area (Å²) < 4.78 is 10.4. The molecule has 4 heteroatoms. The number of ether oxygens (including phenoxy) is 2. The van der Waals surface area contributed by atoms with Gasteiger partial charge in [-0.2, -0.15) is 0 Å². The maximum Gasteiger partial charge on any atom is 0.139 e. The van der Waals surface area contributed by atoms with Crippen LogP contribution < -0.4 is 4.74 Å². The van der Waals surface area contributed by atoms with Crippen LogP contribution in [0.25, 0.3) is 0 Å². The van der Waals surface area contributed by atoms with E-state index >= 15 is 0 Å². The summed E-state index contributed by atoms with van der Waals surface area (Å²) in [5.41, 5.74) is 0. The van der Waals surface area contributed by atoms with Crippen molar-refractivity contribution in [2.75, 3.05) is 13.2 Å². The first kappa shape index (κ1) is 9.13. The third-order valence-electron chi connectivity index (χ3n) is 1.74. The van der Waals surface area contributed by atoms with Crippen LogP contribution in [0.15, 0.2) is 18.2 Å². The lowest BCUT2D eigenvalue weighted by molar-refractivity contribution is 0.263. The molecule has 1 saturated heterocycles. The topological polar surface area (TPSA) is 21.8 Å². The van der Waals surface area contributed by atoms with E-state index in [2.05, 4.69) is 0 Å². The van der Waals surface area contributed by atoms with Crippen molar-refractivity contribution >= 4 is 23.2 Å². The summed E-state index contributed by atoms with van der Waals surface area (Å²) in [5, 5.41) is 0.973. The number of epoxide rings is 1. The van der Waals surface area contributed by atoms with Gasteiger partial charge in [-0.1, -0.05) is 29.3 Å². The molecule has 0 aliphatic carbocycles. The monoisotopic (exact) mass is 218 g/mol. The molecule has 0 spiro atoms. The maximum atomic E-state index is 5.90. The summed E-state index contributed by atoms with van der Waals surface area (Å²) in [5.74, 6) is 0.615. The molecule has 0 saturated carbocycles. The third kappa shape index (κ3) is 2.27. The first-order chi connectivity index (χ1) is 6.27. The maximum absolute atomic E-state index is 5.90. The Hall–Kier alpha value is -0.440. The number of hydrogen-bond acceptors (Lipinski definition) is 2. The van der Waals surface area contributed by atoms with E-state index in [4.69, 9.17) is 32.7 Å². The molecular weight excluding hydrogens is 211 g/mol. The van der Waals surface area contributed by atoms with E-state index in [1.807, 2.05) is 0 Å². The highest BCUT2D eigenvalue weighted by atomic mass is 35.5. The molecule has 2 nitrogen and oxygen atoms in total. The van der Waals surface area contributed by atoms with Crippen LogP contribution in [0.2, 0.25) is 10.0 Å². The van der Waals surface area contributed by atoms with Crippen LogP contribution >= 0.6 is 23.2 Å². The molecule has 0 aromatic heterocycles. The Morgan fingerprint density at radius 1 is 1.46 bits per heavy atom. The van der Waals surface area contributed by atoms with Crippen LogP contribution in [0.1, 0.15) is 0 Å². The van der Waals surface area contributed by atoms with E-state index in [1.54, 1.807) is 18.2 Å². The predicted molar refractivity (Wildman–Crippen MR) is 51.7 cm³/mol. The van der Waals surface area contributed by atoms with Gasteiger partial charge in [0.2, 0.25) is 0 Å². The van der Waals surface area contributed by atoms with Crippen molar-refractivity contribution in [3.63, 3.8) is 0 Å². The molecule has 2 rings (SSSR count). The van der Waals surface area contributed by atoms with Gasteiger partial charge in [0.1, 0.15) is 23.5 Å². The number of benzene rings is 1. The van der Waals surface area contributed by atoms with Crippen LogP contribution in [-0.2, 0) is 4.74 Å². The van der Waals surface area contributed by atoms with E-state index in [0.29, 0.717) is 22.4 Å². The Labute approximate surface area is 86.4 Å². The van der Waals surface area contributed by atoms with Crippen LogP contribution in [0.4, 0.5) is 0 Å². The Balaban J connectivity index is 2.05. The molecule has 1 fully saturated rings. The summed E-state index contributed by atoms with van der Waals surface area (Å²) >= 11 is 11.7. The summed E-state index contributed by atoms with van der Waals surface area (Å²) in [7, 11) is 0. The Morgan fingerprint density at radius 2 is 2.23 bits per heavy atom. The normalized spacial score (nSPS) is 20.0. The SMILES string of the molecule is Clc1cccc(OCC2CO2)c1Cl. The van der Waals surface area contributed by atoms with E-state index in [-0.39, 0.29) is 6.10 Å². The molecule has 1 aliphatic heterocycles. The van der Waals surface area contributed by atoms with Gasteiger partial charge in [0, 0.05) is 0 Å². The van der Waals surface area contributed by atoms with Crippen molar-refractivity contribution in [3.8, 4) is 5.75 Å². The lowest BCUT2D eigenvalue weighted by Crippen LogP contribution is -2.04. The molecular formula is C9H8Cl2O2. The molecule has 0 amide bonds. The molecule has 70 valence electrons. The minimum absolute atomic E-state index is 0.232. The van der Waals surface area contributed by atoms with E-state index in [1.165, 1.54) is 0 Å². The predicted octanol–water partition coefficient (Wildman–Crippen LogP) is 2.77. The molecule has 0 radical (unpaired) electrons. The number of halogens is 2. The van der Waals surface area contributed by atoms with Crippen molar-refractivity contribution in [2.24, 2.45) is 0 Å². The molecule has 1 aliphatic rings. The average molecular weight is 219 g/mol. The zero-order chi connectivity index (χ0) is 9.26. The van der Waals surface area contributed by atoms with Gasteiger partial charge >= 0.3 is 0 Å². The van der Waals surface area contributed by atoms with Gasteiger partial charge < -0.3 is 9.47 Å². The summed E-state index contributed by atoms with van der Waals surface area (Å²) in [6.07, 6.45) is 0.232. The highest BCUT2D eigenvalue weighted by Gasteiger charge is 2.23. The van der Waals surface area contributed by atoms with Crippen molar-refractivity contribution in [1.29, 1.82) is 0 Å². The van der Waals surface area contributed by atoms with Crippen LogP contribution in [0.5, 0.6) is 5.75 Å². The molecule has 13 heavy (non-hydrogen) atoms. The van der Waals surface area contributed by atoms with Gasteiger partial charge in [0.15, 0.2) is 0 Å². The summed E-state index contributed by atoms with van der Waals surface area (Å²) in [4.78, 5) is 0. The summed E-state index contributed by atoms with van der Waals surface area (Å²) in [6.45, 7) is 1.32.